The molecule has 0 atom stereocenters. The third-order valence-electron chi connectivity index (χ3n) is 4.40. The highest BCUT2D eigenvalue weighted by molar-refractivity contribution is 7.15. The van der Waals surface area contributed by atoms with Gasteiger partial charge in [0.05, 0.1) is 12.8 Å². The van der Waals surface area contributed by atoms with Crippen LogP contribution < -0.4 is 10.1 Å². The number of carbonyl (C=O) groups is 1. The summed E-state index contributed by atoms with van der Waals surface area (Å²) in [6.07, 6.45) is 1.90. The Kier molecular flexibility index (Phi) is 4.64. The maximum absolute atomic E-state index is 12.6. The molecular weight excluding hydrogens is 358 g/mol. The number of nitrogens with one attached hydrogen (secondary N) is 1. The van der Waals surface area contributed by atoms with E-state index in [1.165, 1.54) is 16.9 Å². The van der Waals surface area contributed by atoms with E-state index in [-0.39, 0.29) is 5.91 Å². The zero-order chi connectivity index (χ0) is 18.8. The number of benzene rings is 2. The molecule has 0 aliphatic carbocycles. The Bertz CT molecular complexity index is 1080. The van der Waals surface area contributed by atoms with Crippen LogP contribution in [0.5, 0.6) is 5.75 Å². The van der Waals surface area contributed by atoms with E-state index in [0.717, 1.165) is 27.5 Å². The van der Waals surface area contributed by atoms with Crippen molar-refractivity contribution < 1.29 is 9.53 Å². The van der Waals surface area contributed by atoms with Crippen molar-refractivity contribution in [3.63, 3.8) is 0 Å². The van der Waals surface area contributed by atoms with E-state index in [1.807, 2.05) is 71.4 Å². The molecule has 27 heavy (non-hydrogen) atoms. The second-order valence-corrected chi connectivity index (χ2v) is 7.13. The van der Waals surface area contributed by atoms with Crippen molar-refractivity contribution >= 4 is 22.2 Å². The van der Waals surface area contributed by atoms with Gasteiger partial charge in [-0.25, -0.2) is 4.98 Å². The number of hydrogen-bond acceptors (Lipinski definition) is 4. The lowest BCUT2D eigenvalue weighted by Crippen LogP contribution is -2.23. The molecule has 0 saturated carbocycles. The van der Waals surface area contributed by atoms with Gasteiger partial charge in [-0.1, -0.05) is 29.8 Å². The molecule has 1 N–H and O–H groups in total. The molecule has 2 aromatic heterocycles. The van der Waals surface area contributed by atoms with Gasteiger partial charge in [-0.05, 0) is 36.8 Å². The van der Waals surface area contributed by atoms with Gasteiger partial charge in [0, 0.05) is 23.7 Å². The first-order valence-electron chi connectivity index (χ1n) is 8.59. The summed E-state index contributed by atoms with van der Waals surface area (Å²) in [6, 6.07) is 15.9. The van der Waals surface area contributed by atoms with Crippen LogP contribution in [0, 0.1) is 6.92 Å². The van der Waals surface area contributed by atoms with Crippen molar-refractivity contribution in [3.05, 3.63) is 76.9 Å². The number of nitrogens with zero attached hydrogens (tertiary/aromatic N) is 2. The van der Waals surface area contributed by atoms with Gasteiger partial charge in [-0.3, -0.25) is 9.20 Å². The molecule has 6 heteroatoms. The maximum atomic E-state index is 12.6. The highest BCUT2D eigenvalue weighted by Gasteiger charge is 2.15. The fraction of sp³-hybridized carbons (Fsp3) is 0.143. The van der Waals surface area contributed by atoms with Crippen LogP contribution in [0.2, 0.25) is 0 Å². The third-order valence-corrected chi connectivity index (χ3v) is 5.24. The number of rotatable bonds is 5. The van der Waals surface area contributed by atoms with Gasteiger partial charge in [0.25, 0.3) is 5.91 Å². The van der Waals surface area contributed by atoms with Crippen LogP contribution in [-0.2, 0) is 6.54 Å². The molecule has 0 saturated heterocycles. The molecule has 136 valence electrons. The normalized spacial score (nSPS) is 10.9. The van der Waals surface area contributed by atoms with Crippen molar-refractivity contribution in [1.29, 1.82) is 0 Å². The average Bonchev–Trinajstić information content (AvgIpc) is 3.28. The summed E-state index contributed by atoms with van der Waals surface area (Å²) < 4.78 is 7.03. The lowest BCUT2D eigenvalue weighted by molar-refractivity contribution is 0.0945. The van der Waals surface area contributed by atoms with E-state index in [9.17, 15) is 4.79 Å². The number of thiazole rings is 1. The number of aromatic nitrogens is 2. The summed E-state index contributed by atoms with van der Waals surface area (Å²) in [4.78, 5) is 18.0. The number of hydrogen-bond donors (Lipinski definition) is 1. The summed E-state index contributed by atoms with van der Waals surface area (Å²) in [5.41, 5.74) is 4.68. The summed E-state index contributed by atoms with van der Waals surface area (Å²) in [5.74, 6) is 0.691. The highest BCUT2D eigenvalue weighted by atomic mass is 32.1. The number of imidazole rings is 1. The van der Waals surface area contributed by atoms with E-state index in [0.29, 0.717) is 12.2 Å². The van der Waals surface area contributed by atoms with Crippen LogP contribution in [-0.4, -0.2) is 22.4 Å². The van der Waals surface area contributed by atoms with Gasteiger partial charge in [0.15, 0.2) is 4.96 Å². The quantitative estimate of drug-likeness (QED) is 0.564. The molecule has 0 aliphatic heterocycles. The minimum absolute atomic E-state index is 0.111. The standard InChI is InChI=1S/C21H19N3O2S/c1-14-3-5-15(6-4-14)11-22-20(25)19-13-27-21-23-18(12-24(19)21)16-7-9-17(26-2)10-8-16/h3-10,12-13H,11H2,1-2H3,(H,22,25). The van der Waals surface area contributed by atoms with Gasteiger partial charge in [0.2, 0.25) is 0 Å². The number of carbonyl (C=O) groups excluding carboxylic acids is 1. The van der Waals surface area contributed by atoms with E-state index < -0.39 is 0 Å². The predicted molar refractivity (Wildman–Crippen MR) is 107 cm³/mol. The molecule has 2 heterocycles. The molecule has 4 rings (SSSR count). The zero-order valence-electron chi connectivity index (χ0n) is 15.1. The van der Waals surface area contributed by atoms with Crippen LogP contribution in [0.15, 0.2) is 60.1 Å². The smallest absolute Gasteiger partial charge is 0.269 e. The molecule has 0 unspecified atom stereocenters. The first-order chi connectivity index (χ1) is 13.1. The molecule has 0 radical (unpaired) electrons. The molecule has 4 aromatic rings. The fourth-order valence-electron chi connectivity index (χ4n) is 2.83. The average molecular weight is 377 g/mol. The SMILES string of the molecule is COc1ccc(-c2cn3c(C(=O)NCc4ccc(C)cc4)csc3n2)cc1. The molecular formula is C21H19N3O2S. The van der Waals surface area contributed by atoms with Gasteiger partial charge < -0.3 is 10.1 Å². The lowest BCUT2D eigenvalue weighted by atomic mass is 10.1. The molecule has 0 spiro atoms. The second-order valence-electron chi connectivity index (χ2n) is 6.30. The van der Waals surface area contributed by atoms with Gasteiger partial charge in [-0.2, -0.15) is 0 Å². The van der Waals surface area contributed by atoms with Gasteiger partial charge in [0.1, 0.15) is 11.4 Å². The van der Waals surface area contributed by atoms with Crippen molar-refractivity contribution in [2.45, 2.75) is 13.5 Å². The Hall–Kier alpha value is -3.12. The second kappa shape index (κ2) is 7.25. The Labute approximate surface area is 161 Å². The Morgan fingerprint density at radius 1 is 1.15 bits per heavy atom. The third kappa shape index (κ3) is 3.57. The Morgan fingerprint density at radius 2 is 1.89 bits per heavy atom. The number of fused-ring (bicyclic) bond motifs is 1. The first kappa shape index (κ1) is 17.3. The number of aryl methyl sites for hydroxylation is 1. The van der Waals surface area contributed by atoms with Crippen molar-refractivity contribution in [1.82, 2.24) is 14.7 Å². The molecule has 0 bridgehead atoms. The van der Waals surface area contributed by atoms with Crippen LogP contribution in [0.25, 0.3) is 16.2 Å². The van der Waals surface area contributed by atoms with Gasteiger partial charge >= 0.3 is 0 Å². The molecule has 5 nitrogen and oxygen atoms in total. The monoisotopic (exact) mass is 377 g/mol. The maximum Gasteiger partial charge on any atom is 0.269 e. The van der Waals surface area contributed by atoms with Crippen molar-refractivity contribution in [2.75, 3.05) is 7.11 Å². The highest BCUT2D eigenvalue weighted by Crippen LogP contribution is 2.25. The Balaban J connectivity index is 1.54. The number of ether oxygens (including phenoxy) is 1. The molecule has 1 amide bonds. The van der Waals surface area contributed by atoms with Crippen molar-refractivity contribution in [3.8, 4) is 17.0 Å². The van der Waals surface area contributed by atoms with Crippen LogP contribution >= 0.6 is 11.3 Å². The van der Waals surface area contributed by atoms with E-state index in [4.69, 9.17) is 4.74 Å². The summed E-state index contributed by atoms with van der Waals surface area (Å²) in [5, 5.41) is 4.82. The zero-order valence-corrected chi connectivity index (χ0v) is 15.9. The van der Waals surface area contributed by atoms with E-state index in [1.54, 1.807) is 7.11 Å². The lowest BCUT2D eigenvalue weighted by Gasteiger charge is -2.05. The van der Waals surface area contributed by atoms with Crippen molar-refractivity contribution in [2.24, 2.45) is 0 Å². The van der Waals surface area contributed by atoms with Crippen LogP contribution in [0.1, 0.15) is 21.6 Å². The molecule has 0 aliphatic rings. The van der Waals surface area contributed by atoms with Crippen LogP contribution in [0.3, 0.4) is 0 Å². The van der Waals surface area contributed by atoms with E-state index >= 15 is 0 Å². The molecule has 2 aromatic carbocycles. The number of amides is 1. The minimum Gasteiger partial charge on any atom is -0.497 e. The first-order valence-corrected chi connectivity index (χ1v) is 9.47. The fourth-order valence-corrected chi connectivity index (χ4v) is 3.68. The van der Waals surface area contributed by atoms with Gasteiger partial charge in [-0.15, -0.1) is 11.3 Å². The molecule has 0 fully saturated rings. The minimum atomic E-state index is -0.111. The Morgan fingerprint density at radius 3 is 2.59 bits per heavy atom. The largest absolute Gasteiger partial charge is 0.497 e. The summed E-state index contributed by atoms with van der Waals surface area (Å²) in [7, 11) is 1.64. The summed E-state index contributed by atoms with van der Waals surface area (Å²) >= 11 is 1.46. The van der Waals surface area contributed by atoms with E-state index in [2.05, 4.69) is 10.3 Å². The number of methoxy groups -OCH3 is 1. The topological polar surface area (TPSA) is 55.6 Å². The summed E-state index contributed by atoms with van der Waals surface area (Å²) in [6.45, 7) is 2.54. The predicted octanol–water partition coefficient (Wildman–Crippen LogP) is 4.31. The van der Waals surface area contributed by atoms with Crippen LogP contribution in [0.4, 0.5) is 0 Å².